The number of hydrogen-bond acceptors (Lipinski definition) is 3. The summed E-state index contributed by atoms with van der Waals surface area (Å²) >= 11 is 0. The lowest BCUT2D eigenvalue weighted by atomic mass is 10.0. The number of carbonyl (C=O) groups is 1. The molecule has 0 rings (SSSR count). The van der Waals surface area contributed by atoms with E-state index in [1.54, 1.807) is 6.08 Å². The molecule has 0 aromatic rings. The van der Waals surface area contributed by atoms with Crippen molar-refractivity contribution in [1.29, 1.82) is 0 Å². The highest BCUT2D eigenvalue weighted by Gasteiger charge is 2.18. The van der Waals surface area contributed by atoms with Gasteiger partial charge in [-0.1, -0.05) is 286 Å². The number of nitrogens with one attached hydrogen (secondary N) is 1. The maximum atomic E-state index is 12.5. The van der Waals surface area contributed by atoms with Crippen LogP contribution < -0.4 is 5.32 Å². The predicted molar refractivity (Wildman–Crippen MR) is 285 cm³/mol. The SMILES string of the molecule is CC/C=C\C/C=C\C/C=C\C/C=C\C/C=C\CCCCCCCCCCCCCCCCCCCCCC(=O)NC(CO)C(O)/C=C/CCCCCCCCCCCCCCCCC. The molecule has 2 unspecified atom stereocenters. The average molecular weight is 893 g/mol. The largest absolute Gasteiger partial charge is 0.394 e. The molecule has 0 spiro atoms. The zero-order valence-corrected chi connectivity index (χ0v) is 42.8. The van der Waals surface area contributed by atoms with Gasteiger partial charge in [-0.3, -0.25) is 4.79 Å². The Morgan fingerprint density at radius 2 is 0.688 bits per heavy atom. The highest BCUT2D eigenvalue weighted by Crippen LogP contribution is 2.17. The van der Waals surface area contributed by atoms with Gasteiger partial charge in [0, 0.05) is 6.42 Å². The van der Waals surface area contributed by atoms with Gasteiger partial charge in [-0.05, 0) is 64.2 Å². The van der Waals surface area contributed by atoms with Crippen molar-refractivity contribution in [3.8, 4) is 0 Å². The zero-order chi connectivity index (χ0) is 46.3. The Morgan fingerprint density at radius 3 is 1.03 bits per heavy atom. The summed E-state index contributed by atoms with van der Waals surface area (Å²) in [5, 5.41) is 23.1. The molecule has 0 aliphatic heterocycles. The third kappa shape index (κ3) is 50.8. The third-order valence-electron chi connectivity index (χ3n) is 12.7. The van der Waals surface area contributed by atoms with Crippen LogP contribution in [0.3, 0.4) is 0 Å². The van der Waals surface area contributed by atoms with Crippen molar-refractivity contribution in [3.63, 3.8) is 0 Å². The van der Waals surface area contributed by atoms with Gasteiger partial charge in [0.2, 0.25) is 5.91 Å². The quantitative estimate of drug-likeness (QED) is 0.0421. The second-order valence-corrected chi connectivity index (χ2v) is 19.0. The highest BCUT2D eigenvalue weighted by molar-refractivity contribution is 5.76. The minimum atomic E-state index is -0.840. The van der Waals surface area contributed by atoms with Crippen molar-refractivity contribution >= 4 is 5.91 Å². The Hall–Kier alpha value is -2.17. The Morgan fingerprint density at radius 1 is 0.391 bits per heavy atom. The Balaban J connectivity index is 3.47. The lowest BCUT2D eigenvalue weighted by Gasteiger charge is -2.20. The van der Waals surface area contributed by atoms with E-state index in [1.807, 2.05) is 6.08 Å². The van der Waals surface area contributed by atoms with Gasteiger partial charge in [-0.25, -0.2) is 0 Å². The topological polar surface area (TPSA) is 69.6 Å². The smallest absolute Gasteiger partial charge is 0.220 e. The normalized spacial score (nSPS) is 13.4. The van der Waals surface area contributed by atoms with Crippen LogP contribution in [-0.4, -0.2) is 34.9 Å². The fourth-order valence-electron chi connectivity index (χ4n) is 8.44. The number of allylic oxidation sites excluding steroid dienone is 11. The predicted octanol–water partition coefficient (Wildman–Crippen LogP) is 18.6. The van der Waals surface area contributed by atoms with E-state index in [1.165, 1.54) is 205 Å². The molecule has 4 nitrogen and oxygen atoms in total. The van der Waals surface area contributed by atoms with Crippen molar-refractivity contribution < 1.29 is 15.0 Å². The van der Waals surface area contributed by atoms with Crippen molar-refractivity contribution in [1.82, 2.24) is 5.32 Å². The maximum Gasteiger partial charge on any atom is 0.220 e. The fraction of sp³-hybridized carbons (Fsp3) is 0.783. The van der Waals surface area contributed by atoms with Gasteiger partial charge in [0.1, 0.15) is 0 Å². The van der Waals surface area contributed by atoms with Gasteiger partial charge in [-0.15, -0.1) is 0 Å². The van der Waals surface area contributed by atoms with E-state index in [0.717, 1.165) is 57.8 Å². The summed E-state index contributed by atoms with van der Waals surface area (Å²) in [4.78, 5) is 12.5. The summed E-state index contributed by atoms with van der Waals surface area (Å²) in [6.45, 7) is 4.21. The highest BCUT2D eigenvalue weighted by atomic mass is 16.3. The van der Waals surface area contributed by atoms with E-state index in [9.17, 15) is 15.0 Å². The second kappa shape index (κ2) is 55.2. The number of aliphatic hydroxyl groups excluding tert-OH is 2. The molecule has 0 saturated carbocycles. The molecule has 0 saturated heterocycles. The number of aliphatic hydroxyl groups is 2. The van der Waals surface area contributed by atoms with E-state index in [0.29, 0.717) is 6.42 Å². The number of carbonyl (C=O) groups excluding carboxylic acids is 1. The Bertz CT molecular complexity index is 1100. The summed E-state index contributed by atoms with van der Waals surface area (Å²) in [6.07, 6.45) is 79.2. The van der Waals surface area contributed by atoms with Gasteiger partial charge in [0.05, 0.1) is 18.8 Å². The number of amides is 1. The van der Waals surface area contributed by atoms with Crippen molar-refractivity contribution in [2.24, 2.45) is 0 Å². The molecular formula is C60H109NO3. The van der Waals surface area contributed by atoms with E-state index in [-0.39, 0.29) is 12.5 Å². The van der Waals surface area contributed by atoms with Gasteiger partial charge in [0.15, 0.2) is 0 Å². The van der Waals surface area contributed by atoms with Crippen LogP contribution >= 0.6 is 0 Å². The molecule has 4 heteroatoms. The maximum absolute atomic E-state index is 12.5. The van der Waals surface area contributed by atoms with Crippen LogP contribution in [-0.2, 0) is 4.79 Å². The summed E-state index contributed by atoms with van der Waals surface area (Å²) in [6, 6.07) is -0.623. The Labute approximate surface area is 399 Å². The molecule has 0 bridgehead atoms. The summed E-state index contributed by atoms with van der Waals surface area (Å²) in [5.41, 5.74) is 0. The lowest BCUT2D eigenvalue weighted by Crippen LogP contribution is -2.45. The first-order valence-corrected chi connectivity index (χ1v) is 28.2. The first kappa shape index (κ1) is 61.8. The van der Waals surface area contributed by atoms with Gasteiger partial charge in [-0.2, -0.15) is 0 Å². The van der Waals surface area contributed by atoms with E-state index < -0.39 is 12.1 Å². The molecular weight excluding hydrogens is 783 g/mol. The van der Waals surface area contributed by atoms with Crippen LogP contribution in [0.25, 0.3) is 0 Å². The minimum absolute atomic E-state index is 0.0617. The Kier molecular flexibility index (Phi) is 53.3. The summed E-state index contributed by atoms with van der Waals surface area (Å²) in [7, 11) is 0. The number of hydrogen-bond donors (Lipinski definition) is 3. The van der Waals surface area contributed by atoms with E-state index in [4.69, 9.17) is 0 Å². The number of rotatable bonds is 51. The van der Waals surface area contributed by atoms with E-state index in [2.05, 4.69) is 79.9 Å². The molecule has 0 aliphatic rings. The molecule has 372 valence electrons. The minimum Gasteiger partial charge on any atom is -0.394 e. The van der Waals surface area contributed by atoms with Crippen LogP contribution in [0.2, 0.25) is 0 Å². The first-order chi connectivity index (χ1) is 31.7. The molecule has 3 N–H and O–H groups in total. The molecule has 0 aromatic carbocycles. The average Bonchev–Trinajstić information content (AvgIpc) is 3.30. The summed E-state index contributed by atoms with van der Waals surface area (Å²) in [5.74, 6) is -0.0617. The van der Waals surface area contributed by atoms with Crippen LogP contribution in [0.5, 0.6) is 0 Å². The second-order valence-electron chi connectivity index (χ2n) is 19.0. The van der Waals surface area contributed by atoms with Gasteiger partial charge >= 0.3 is 0 Å². The van der Waals surface area contributed by atoms with Crippen molar-refractivity contribution in [2.45, 2.75) is 296 Å². The fourth-order valence-corrected chi connectivity index (χ4v) is 8.44. The van der Waals surface area contributed by atoms with Crippen LogP contribution in [0.1, 0.15) is 284 Å². The molecule has 2 atom stereocenters. The molecule has 0 aromatic heterocycles. The molecule has 0 fully saturated rings. The van der Waals surface area contributed by atoms with Crippen molar-refractivity contribution in [2.75, 3.05) is 6.61 Å². The molecule has 1 amide bonds. The zero-order valence-electron chi connectivity index (χ0n) is 42.8. The lowest BCUT2D eigenvalue weighted by molar-refractivity contribution is -0.123. The first-order valence-electron chi connectivity index (χ1n) is 28.2. The summed E-state index contributed by atoms with van der Waals surface area (Å²) < 4.78 is 0. The molecule has 0 aliphatic carbocycles. The van der Waals surface area contributed by atoms with Crippen LogP contribution in [0.4, 0.5) is 0 Å². The third-order valence-corrected chi connectivity index (χ3v) is 12.7. The monoisotopic (exact) mass is 892 g/mol. The van der Waals surface area contributed by atoms with Crippen molar-refractivity contribution in [3.05, 3.63) is 72.9 Å². The number of unbranched alkanes of at least 4 members (excludes halogenated alkanes) is 34. The van der Waals surface area contributed by atoms with Gasteiger partial charge < -0.3 is 15.5 Å². The van der Waals surface area contributed by atoms with Gasteiger partial charge in [0.25, 0.3) is 0 Å². The van der Waals surface area contributed by atoms with E-state index >= 15 is 0 Å². The standard InChI is InChI=1S/C60H109NO3/c1-3-5-7-9-11-13-15-17-19-21-22-23-24-25-26-27-28-29-30-31-32-33-34-35-36-37-38-40-42-44-46-48-50-52-54-56-60(64)61-58(57-62)59(63)55-53-51-49-47-45-43-41-39-20-18-16-14-12-10-8-6-4-2/h5,7,11,13,17,19,22-23,25-26,53,55,58-59,62-63H,3-4,6,8-10,12,14-16,18,20-21,24,27-52,54,56-57H2,1-2H3,(H,61,64)/b7-5-,13-11-,19-17-,23-22-,26-25-,55-53+. The van der Waals surface area contributed by atoms with Crippen LogP contribution in [0, 0.1) is 0 Å². The molecule has 0 heterocycles. The molecule has 64 heavy (non-hydrogen) atoms. The molecule has 0 radical (unpaired) electrons. The van der Waals surface area contributed by atoms with Crippen LogP contribution in [0.15, 0.2) is 72.9 Å².